The van der Waals surface area contributed by atoms with Crippen LogP contribution in [0, 0.1) is 0 Å². The van der Waals surface area contributed by atoms with Crippen LogP contribution >= 0.6 is 12.2 Å². The molecule has 0 aliphatic carbocycles. The number of nitrogens with one attached hydrogen (secondary N) is 2. The molecular formula is C14H19N5OS. The molecule has 0 radical (unpaired) electrons. The number of hydrogen-bond donors (Lipinski definition) is 2. The van der Waals surface area contributed by atoms with E-state index in [-0.39, 0.29) is 0 Å². The fourth-order valence-corrected chi connectivity index (χ4v) is 2.85. The standard InChI is InChI=1S/C14H19N5OS/c1-10-9-15-6-7-19(10)14(21)18-17-11-4-8-20-12-3-2-5-16-13(11)12/h2-3,5,10,15H,4,6-9H2,1H3,(H,18,21)/b17-11-. The highest BCUT2D eigenvalue weighted by Crippen LogP contribution is 2.21. The van der Waals surface area contributed by atoms with Gasteiger partial charge in [-0.1, -0.05) is 0 Å². The molecule has 1 aromatic rings. The lowest BCUT2D eigenvalue weighted by molar-refractivity contribution is 0.271. The first-order valence-electron chi connectivity index (χ1n) is 7.18. The van der Waals surface area contributed by atoms with E-state index in [2.05, 4.69) is 32.7 Å². The first kappa shape index (κ1) is 14.2. The summed E-state index contributed by atoms with van der Waals surface area (Å²) in [5.41, 5.74) is 4.70. The maximum Gasteiger partial charge on any atom is 0.189 e. The highest BCUT2D eigenvalue weighted by Gasteiger charge is 2.21. The van der Waals surface area contributed by atoms with Crippen molar-refractivity contribution < 1.29 is 4.74 Å². The maximum absolute atomic E-state index is 5.57. The van der Waals surface area contributed by atoms with E-state index < -0.39 is 0 Å². The minimum Gasteiger partial charge on any atom is -0.491 e. The lowest BCUT2D eigenvalue weighted by Crippen LogP contribution is -2.54. The Morgan fingerprint density at radius 2 is 2.52 bits per heavy atom. The SMILES string of the molecule is CC1CNCCN1C(=S)N/N=C1/CCOc2cccnc21. The van der Waals surface area contributed by atoms with Gasteiger partial charge in [0.05, 0.1) is 12.3 Å². The fourth-order valence-electron chi connectivity index (χ4n) is 2.53. The van der Waals surface area contributed by atoms with Crippen LogP contribution in [0.4, 0.5) is 0 Å². The Balaban J connectivity index is 1.70. The number of hydrogen-bond acceptors (Lipinski definition) is 5. The molecule has 2 N–H and O–H groups in total. The van der Waals surface area contributed by atoms with Gasteiger partial charge >= 0.3 is 0 Å². The molecule has 1 saturated heterocycles. The summed E-state index contributed by atoms with van der Waals surface area (Å²) >= 11 is 5.45. The Bertz CT molecular complexity index is 562. The summed E-state index contributed by atoms with van der Waals surface area (Å²) in [6.45, 7) is 5.56. The first-order valence-corrected chi connectivity index (χ1v) is 7.58. The van der Waals surface area contributed by atoms with Gasteiger partial charge in [0, 0.05) is 38.3 Å². The normalized spacial score (nSPS) is 23.4. The van der Waals surface area contributed by atoms with E-state index in [1.54, 1.807) is 6.20 Å². The summed E-state index contributed by atoms with van der Waals surface area (Å²) < 4.78 is 5.57. The van der Waals surface area contributed by atoms with Crippen molar-refractivity contribution in [3.63, 3.8) is 0 Å². The van der Waals surface area contributed by atoms with Gasteiger partial charge in [-0.05, 0) is 31.3 Å². The largest absolute Gasteiger partial charge is 0.491 e. The molecule has 1 atom stereocenters. The van der Waals surface area contributed by atoms with E-state index in [0.29, 0.717) is 17.8 Å². The molecule has 0 spiro atoms. The molecule has 0 aromatic carbocycles. The molecule has 2 aliphatic heterocycles. The van der Waals surface area contributed by atoms with Crippen molar-refractivity contribution in [2.24, 2.45) is 5.10 Å². The minimum atomic E-state index is 0.374. The molecule has 3 rings (SSSR count). The number of pyridine rings is 1. The Kier molecular flexibility index (Phi) is 4.31. The molecular weight excluding hydrogens is 286 g/mol. The van der Waals surface area contributed by atoms with E-state index in [0.717, 1.165) is 43.2 Å². The van der Waals surface area contributed by atoms with Gasteiger partial charge in [0.1, 0.15) is 11.4 Å². The minimum absolute atomic E-state index is 0.374. The summed E-state index contributed by atoms with van der Waals surface area (Å²) in [5.74, 6) is 0.783. The fraction of sp³-hybridized carbons (Fsp3) is 0.500. The van der Waals surface area contributed by atoms with Crippen LogP contribution in [-0.4, -0.2) is 53.0 Å². The summed E-state index contributed by atoms with van der Waals surface area (Å²) in [6, 6.07) is 4.15. The zero-order chi connectivity index (χ0) is 14.7. The number of ether oxygens (including phenoxy) is 1. The van der Waals surface area contributed by atoms with Gasteiger partial charge in [-0.3, -0.25) is 10.4 Å². The first-order chi connectivity index (χ1) is 10.3. The van der Waals surface area contributed by atoms with Crippen LogP contribution in [0.15, 0.2) is 23.4 Å². The van der Waals surface area contributed by atoms with Crippen molar-refractivity contribution >= 4 is 23.0 Å². The summed E-state index contributed by atoms with van der Waals surface area (Å²) in [7, 11) is 0. The number of nitrogens with zero attached hydrogens (tertiary/aromatic N) is 3. The van der Waals surface area contributed by atoms with Gasteiger partial charge in [-0.25, -0.2) is 0 Å². The number of thiocarbonyl (C=S) groups is 1. The predicted octanol–water partition coefficient (Wildman–Crippen LogP) is 0.736. The highest BCUT2D eigenvalue weighted by atomic mass is 32.1. The van der Waals surface area contributed by atoms with E-state index in [4.69, 9.17) is 17.0 Å². The molecule has 0 amide bonds. The maximum atomic E-state index is 5.57. The number of fused-ring (bicyclic) bond motifs is 1. The van der Waals surface area contributed by atoms with Crippen LogP contribution in [0.3, 0.4) is 0 Å². The van der Waals surface area contributed by atoms with Crippen LogP contribution in [0.25, 0.3) is 0 Å². The average Bonchev–Trinajstić information content (AvgIpc) is 2.53. The van der Waals surface area contributed by atoms with Gasteiger partial charge in [0.2, 0.25) is 0 Å². The zero-order valence-electron chi connectivity index (χ0n) is 12.0. The van der Waals surface area contributed by atoms with Crippen molar-refractivity contribution in [2.45, 2.75) is 19.4 Å². The Morgan fingerprint density at radius 1 is 1.62 bits per heavy atom. The molecule has 112 valence electrons. The van der Waals surface area contributed by atoms with Crippen molar-refractivity contribution in [3.8, 4) is 5.75 Å². The van der Waals surface area contributed by atoms with E-state index >= 15 is 0 Å². The third-order valence-electron chi connectivity index (χ3n) is 3.69. The van der Waals surface area contributed by atoms with Crippen LogP contribution < -0.4 is 15.5 Å². The zero-order valence-corrected chi connectivity index (χ0v) is 12.8. The second-order valence-corrected chi connectivity index (χ2v) is 5.56. The quantitative estimate of drug-likeness (QED) is 0.589. The van der Waals surface area contributed by atoms with Crippen molar-refractivity contribution in [1.29, 1.82) is 0 Å². The van der Waals surface area contributed by atoms with Crippen molar-refractivity contribution in [3.05, 3.63) is 24.0 Å². The van der Waals surface area contributed by atoms with Gasteiger partial charge in [-0.15, -0.1) is 0 Å². The van der Waals surface area contributed by atoms with Crippen LogP contribution in [0.2, 0.25) is 0 Å². The number of rotatable bonds is 1. The van der Waals surface area contributed by atoms with E-state index in [9.17, 15) is 0 Å². The number of piperazine rings is 1. The van der Waals surface area contributed by atoms with Gasteiger partial charge in [-0.2, -0.15) is 5.10 Å². The molecule has 1 fully saturated rings. The predicted molar refractivity (Wildman–Crippen MR) is 85.7 cm³/mol. The topological polar surface area (TPSA) is 61.8 Å². The third kappa shape index (κ3) is 3.14. The Labute approximate surface area is 129 Å². The second-order valence-electron chi connectivity index (χ2n) is 5.17. The molecule has 7 heteroatoms. The lowest BCUT2D eigenvalue weighted by Gasteiger charge is -2.35. The third-order valence-corrected chi connectivity index (χ3v) is 4.01. The summed E-state index contributed by atoms with van der Waals surface area (Å²) in [6.07, 6.45) is 2.48. The smallest absolute Gasteiger partial charge is 0.189 e. The molecule has 3 heterocycles. The van der Waals surface area contributed by atoms with Crippen molar-refractivity contribution in [2.75, 3.05) is 26.2 Å². The van der Waals surface area contributed by atoms with E-state index in [1.165, 1.54) is 0 Å². The lowest BCUT2D eigenvalue weighted by atomic mass is 10.1. The van der Waals surface area contributed by atoms with Crippen molar-refractivity contribution in [1.82, 2.24) is 20.6 Å². The summed E-state index contributed by atoms with van der Waals surface area (Å²) in [4.78, 5) is 6.50. The number of hydrazone groups is 1. The molecule has 2 aliphatic rings. The number of aromatic nitrogens is 1. The molecule has 1 unspecified atom stereocenters. The molecule has 21 heavy (non-hydrogen) atoms. The molecule has 6 nitrogen and oxygen atoms in total. The monoisotopic (exact) mass is 305 g/mol. The molecule has 0 bridgehead atoms. The van der Waals surface area contributed by atoms with Gasteiger partial charge in [0.15, 0.2) is 5.11 Å². The van der Waals surface area contributed by atoms with Gasteiger partial charge < -0.3 is 15.0 Å². The summed E-state index contributed by atoms with van der Waals surface area (Å²) in [5, 5.41) is 8.47. The highest BCUT2D eigenvalue weighted by molar-refractivity contribution is 7.80. The Hall–Kier alpha value is -1.73. The molecule has 0 saturated carbocycles. The molecule has 1 aromatic heterocycles. The van der Waals surface area contributed by atoms with E-state index in [1.807, 2.05) is 12.1 Å². The van der Waals surface area contributed by atoms with Crippen LogP contribution in [-0.2, 0) is 0 Å². The average molecular weight is 305 g/mol. The second kappa shape index (κ2) is 6.36. The van der Waals surface area contributed by atoms with Crippen LogP contribution in [0.1, 0.15) is 19.0 Å². The van der Waals surface area contributed by atoms with Crippen LogP contribution in [0.5, 0.6) is 5.75 Å². The Morgan fingerprint density at radius 3 is 3.38 bits per heavy atom. The van der Waals surface area contributed by atoms with Gasteiger partial charge in [0.25, 0.3) is 0 Å².